The second kappa shape index (κ2) is 9.46. The molecule has 170 valence electrons. The van der Waals surface area contributed by atoms with Crippen LogP contribution >= 0.6 is 0 Å². The molecule has 4 rings (SSSR count). The molecule has 4 aromatic rings. The molecule has 4 aromatic carbocycles. The van der Waals surface area contributed by atoms with E-state index in [1.54, 1.807) is 0 Å². The quantitative estimate of drug-likeness (QED) is 0.160. The highest BCUT2D eigenvalue weighted by Crippen LogP contribution is 2.37. The Morgan fingerprint density at radius 3 is 2.15 bits per heavy atom. The summed E-state index contributed by atoms with van der Waals surface area (Å²) in [5.41, 5.74) is -0.703. The molecule has 0 amide bonds. The summed E-state index contributed by atoms with van der Waals surface area (Å²) in [7, 11) is 0. The van der Waals surface area contributed by atoms with Crippen LogP contribution in [-0.4, -0.2) is 18.0 Å². The number of nitrogens with two attached hydrogens (primary N) is 1. The van der Waals surface area contributed by atoms with Gasteiger partial charge in [-0.1, -0.05) is 48.5 Å². The van der Waals surface area contributed by atoms with Gasteiger partial charge in [0.15, 0.2) is 0 Å². The number of nitrogens with zero attached hydrogens (tertiary/aromatic N) is 1. The smallest absolute Gasteiger partial charge is 0.385 e. The van der Waals surface area contributed by atoms with E-state index in [1.807, 2.05) is 24.3 Å². The van der Waals surface area contributed by atoms with Gasteiger partial charge in [-0.15, -0.1) is 0 Å². The fourth-order valence-corrected chi connectivity index (χ4v) is 4.09. The average molecular weight is 454 g/mol. The summed E-state index contributed by atoms with van der Waals surface area (Å²) in [6.45, 7) is 2.03. The maximum absolute atomic E-state index is 13.1. The van der Waals surface area contributed by atoms with Crippen molar-refractivity contribution in [1.29, 1.82) is 0 Å². The fourth-order valence-electron chi connectivity index (χ4n) is 4.09. The SMILES string of the molecule is O=[N+]([O-])c1ccc(NCCC[NH2+]Cc2c3ccccc3cc3ccccc23)cc1C(F)(F)F. The number of fused-ring (bicyclic) bond motifs is 2. The molecule has 0 aromatic heterocycles. The maximum atomic E-state index is 13.1. The van der Waals surface area contributed by atoms with Crippen LogP contribution in [0.1, 0.15) is 17.5 Å². The summed E-state index contributed by atoms with van der Waals surface area (Å²) in [6, 6.07) is 21.8. The van der Waals surface area contributed by atoms with Crippen molar-refractivity contribution in [2.24, 2.45) is 0 Å². The minimum Gasteiger partial charge on any atom is -0.385 e. The minimum absolute atomic E-state index is 0.216. The number of anilines is 1. The van der Waals surface area contributed by atoms with Gasteiger partial charge in [-0.2, -0.15) is 13.2 Å². The van der Waals surface area contributed by atoms with Crippen LogP contribution in [0.2, 0.25) is 0 Å². The number of nitro benzene ring substituents is 1. The lowest BCUT2D eigenvalue weighted by molar-refractivity contribution is -0.670. The molecule has 0 bridgehead atoms. The Morgan fingerprint density at radius 2 is 1.55 bits per heavy atom. The molecule has 3 N–H and O–H groups in total. The average Bonchev–Trinajstić information content (AvgIpc) is 2.79. The van der Waals surface area contributed by atoms with Gasteiger partial charge >= 0.3 is 6.18 Å². The first-order chi connectivity index (χ1) is 15.8. The van der Waals surface area contributed by atoms with E-state index in [1.165, 1.54) is 33.2 Å². The van der Waals surface area contributed by atoms with Crippen molar-refractivity contribution in [2.75, 3.05) is 18.4 Å². The van der Waals surface area contributed by atoms with E-state index >= 15 is 0 Å². The summed E-state index contributed by atoms with van der Waals surface area (Å²) in [4.78, 5) is 9.86. The molecule has 0 aliphatic heterocycles. The fraction of sp³-hybridized carbons (Fsp3) is 0.200. The van der Waals surface area contributed by atoms with Crippen LogP contribution in [-0.2, 0) is 12.7 Å². The Bertz CT molecular complexity index is 1250. The highest BCUT2D eigenvalue weighted by atomic mass is 19.4. The number of quaternary nitrogens is 1. The molecule has 33 heavy (non-hydrogen) atoms. The predicted octanol–water partition coefficient (Wildman–Crippen LogP) is 5.49. The number of hydrogen-bond acceptors (Lipinski definition) is 3. The zero-order chi connectivity index (χ0) is 23.4. The van der Waals surface area contributed by atoms with Crippen molar-refractivity contribution < 1.29 is 23.4 Å². The van der Waals surface area contributed by atoms with E-state index < -0.39 is 22.4 Å². The standard InChI is InChI=1S/C25H22F3N3O2/c26-25(27,28)23-15-19(10-11-24(23)31(32)33)30-13-5-12-29-16-22-20-8-3-1-6-17(20)14-18-7-2-4-9-21(18)22/h1-4,6-11,14-15,29-30H,5,12-13,16H2/p+1. The van der Waals surface area contributed by atoms with E-state index in [0.717, 1.165) is 31.6 Å². The van der Waals surface area contributed by atoms with Crippen LogP contribution in [0.25, 0.3) is 21.5 Å². The van der Waals surface area contributed by atoms with Crippen LogP contribution in [0.4, 0.5) is 24.5 Å². The molecule has 8 heteroatoms. The van der Waals surface area contributed by atoms with Gasteiger partial charge in [0.25, 0.3) is 5.69 Å². The van der Waals surface area contributed by atoms with E-state index in [2.05, 4.69) is 41.0 Å². The molecule has 0 radical (unpaired) electrons. The summed E-state index contributed by atoms with van der Waals surface area (Å²) >= 11 is 0. The highest BCUT2D eigenvalue weighted by Gasteiger charge is 2.38. The molecule has 0 saturated heterocycles. The summed E-state index contributed by atoms with van der Waals surface area (Å²) < 4.78 is 39.4. The molecule has 0 saturated carbocycles. The van der Waals surface area contributed by atoms with Gasteiger partial charge in [0, 0.05) is 30.3 Å². The monoisotopic (exact) mass is 454 g/mol. The second-order valence-electron chi connectivity index (χ2n) is 7.85. The third-order valence-corrected chi connectivity index (χ3v) is 5.64. The summed E-state index contributed by atoms with van der Waals surface area (Å²) in [5.74, 6) is 0. The molecule has 0 atom stereocenters. The van der Waals surface area contributed by atoms with Crippen LogP contribution in [0.15, 0.2) is 72.8 Å². The van der Waals surface area contributed by atoms with E-state index in [0.29, 0.717) is 6.54 Å². The van der Waals surface area contributed by atoms with Crippen molar-refractivity contribution in [1.82, 2.24) is 0 Å². The molecule has 0 aliphatic rings. The van der Waals surface area contributed by atoms with Crippen LogP contribution in [0, 0.1) is 10.1 Å². The van der Waals surface area contributed by atoms with E-state index in [-0.39, 0.29) is 5.69 Å². The first-order valence-corrected chi connectivity index (χ1v) is 10.6. The molecule has 0 aliphatic carbocycles. The molecule has 0 spiro atoms. The predicted molar refractivity (Wildman–Crippen MR) is 123 cm³/mol. The number of alkyl halides is 3. The number of benzene rings is 4. The Hall–Kier alpha value is -3.65. The molecule has 0 heterocycles. The maximum Gasteiger partial charge on any atom is 0.423 e. The van der Waals surface area contributed by atoms with Crippen LogP contribution in [0.3, 0.4) is 0 Å². The van der Waals surface area contributed by atoms with Gasteiger partial charge < -0.3 is 10.6 Å². The van der Waals surface area contributed by atoms with Gasteiger partial charge in [0.1, 0.15) is 12.1 Å². The molecule has 5 nitrogen and oxygen atoms in total. The van der Waals surface area contributed by atoms with Crippen molar-refractivity contribution in [2.45, 2.75) is 19.1 Å². The van der Waals surface area contributed by atoms with E-state index in [9.17, 15) is 23.3 Å². The first kappa shape index (κ1) is 22.5. The third kappa shape index (κ3) is 5.06. The highest BCUT2D eigenvalue weighted by molar-refractivity contribution is 6.02. The normalized spacial score (nSPS) is 11.7. The van der Waals surface area contributed by atoms with Crippen LogP contribution < -0.4 is 10.6 Å². The lowest BCUT2D eigenvalue weighted by atomic mass is 9.97. The largest absolute Gasteiger partial charge is 0.423 e. The van der Waals surface area contributed by atoms with Gasteiger partial charge in [0.05, 0.1) is 11.5 Å². The molecular formula is C25H23F3N3O2+. The lowest BCUT2D eigenvalue weighted by Crippen LogP contribution is -2.82. The summed E-state index contributed by atoms with van der Waals surface area (Å²) in [5, 5.41) is 20.8. The zero-order valence-electron chi connectivity index (χ0n) is 17.7. The zero-order valence-corrected chi connectivity index (χ0v) is 17.7. The van der Waals surface area contributed by atoms with Crippen molar-refractivity contribution in [3.8, 4) is 0 Å². The van der Waals surface area contributed by atoms with Crippen molar-refractivity contribution in [3.63, 3.8) is 0 Å². The Kier molecular flexibility index (Phi) is 6.46. The molecular weight excluding hydrogens is 431 g/mol. The number of rotatable bonds is 8. The van der Waals surface area contributed by atoms with Gasteiger partial charge in [-0.05, 0) is 39.7 Å². The van der Waals surface area contributed by atoms with Crippen molar-refractivity contribution in [3.05, 3.63) is 94.0 Å². The van der Waals surface area contributed by atoms with Crippen molar-refractivity contribution >= 4 is 32.9 Å². The minimum atomic E-state index is -4.78. The number of halogens is 3. The third-order valence-electron chi connectivity index (χ3n) is 5.64. The second-order valence-corrected chi connectivity index (χ2v) is 7.85. The molecule has 0 unspecified atom stereocenters. The Labute approximate surface area is 188 Å². The number of nitro groups is 1. The topological polar surface area (TPSA) is 71.8 Å². The molecule has 0 fully saturated rings. The number of nitrogens with one attached hydrogen (secondary N) is 1. The number of hydrogen-bond donors (Lipinski definition) is 2. The van der Waals surface area contributed by atoms with Gasteiger partial charge in [0.2, 0.25) is 0 Å². The van der Waals surface area contributed by atoms with Gasteiger partial charge in [-0.3, -0.25) is 10.1 Å². The van der Waals surface area contributed by atoms with Crippen LogP contribution in [0.5, 0.6) is 0 Å². The lowest BCUT2D eigenvalue weighted by Gasteiger charge is -2.12. The summed E-state index contributed by atoms with van der Waals surface area (Å²) in [6.07, 6.45) is -4.06. The van der Waals surface area contributed by atoms with Gasteiger partial charge in [-0.25, -0.2) is 0 Å². The van der Waals surface area contributed by atoms with E-state index in [4.69, 9.17) is 0 Å². The Balaban J connectivity index is 1.37. The first-order valence-electron chi connectivity index (χ1n) is 10.6. The Morgan fingerprint density at radius 1 is 0.909 bits per heavy atom.